The van der Waals surface area contributed by atoms with Crippen LogP contribution in [0.3, 0.4) is 0 Å². The van der Waals surface area contributed by atoms with Gasteiger partial charge in [0.2, 0.25) is 0 Å². The Morgan fingerprint density at radius 2 is 2.00 bits per heavy atom. The summed E-state index contributed by atoms with van der Waals surface area (Å²) in [6.07, 6.45) is 9.89. The van der Waals surface area contributed by atoms with Crippen LogP contribution in [0.4, 0.5) is 0 Å². The molecule has 1 atom stereocenters. The third-order valence-corrected chi connectivity index (χ3v) is 5.84. The van der Waals surface area contributed by atoms with E-state index >= 15 is 0 Å². The summed E-state index contributed by atoms with van der Waals surface area (Å²) in [4.78, 5) is 21.2. The molecule has 3 fully saturated rings. The smallest absolute Gasteiger partial charge is 0.251 e. The van der Waals surface area contributed by atoms with Gasteiger partial charge >= 0.3 is 0 Å². The van der Waals surface area contributed by atoms with Crippen LogP contribution in [0.1, 0.15) is 44.1 Å². The van der Waals surface area contributed by atoms with Crippen LogP contribution in [0, 0.1) is 0 Å². The highest BCUT2D eigenvalue weighted by Gasteiger charge is 2.45. The van der Waals surface area contributed by atoms with Crippen molar-refractivity contribution in [3.05, 3.63) is 30.1 Å². The molecule has 3 aliphatic heterocycles. The number of hydrogen-bond donors (Lipinski definition) is 0. The minimum absolute atomic E-state index is 0.0501. The van der Waals surface area contributed by atoms with Crippen LogP contribution >= 0.6 is 0 Å². The predicted molar refractivity (Wildman–Crippen MR) is 91.4 cm³/mol. The number of carbonyl (C=O) groups is 1. The Labute approximate surface area is 144 Å². The van der Waals surface area contributed by atoms with Crippen molar-refractivity contribution in [2.75, 3.05) is 26.2 Å². The molecule has 5 nitrogen and oxygen atoms in total. The summed E-state index contributed by atoms with van der Waals surface area (Å²) in [5.74, 6) is 0.238. The molecule has 1 amide bonds. The number of nitrogens with zero attached hydrogens (tertiary/aromatic N) is 3. The third-order valence-electron chi connectivity index (χ3n) is 5.84. The quantitative estimate of drug-likeness (QED) is 0.853. The van der Waals surface area contributed by atoms with Crippen molar-refractivity contribution < 1.29 is 9.53 Å². The topological polar surface area (TPSA) is 45.7 Å². The molecule has 0 saturated carbocycles. The molecule has 4 heterocycles. The average Bonchev–Trinajstić information content (AvgIpc) is 3.28. The largest absolute Gasteiger partial charge is 0.362 e. The van der Waals surface area contributed by atoms with E-state index in [1.807, 2.05) is 23.4 Å². The van der Waals surface area contributed by atoms with Gasteiger partial charge in [0.25, 0.3) is 5.91 Å². The lowest BCUT2D eigenvalue weighted by molar-refractivity contribution is -0.150. The number of ether oxygens (including phenoxy) is 1. The van der Waals surface area contributed by atoms with E-state index in [1.165, 1.54) is 5.56 Å². The summed E-state index contributed by atoms with van der Waals surface area (Å²) >= 11 is 0. The monoisotopic (exact) mass is 329 g/mol. The number of aromatic nitrogens is 1. The summed E-state index contributed by atoms with van der Waals surface area (Å²) in [6.45, 7) is 4.88. The summed E-state index contributed by atoms with van der Waals surface area (Å²) in [5, 5.41) is 0. The zero-order valence-electron chi connectivity index (χ0n) is 14.3. The second kappa shape index (κ2) is 6.81. The first kappa shape index (κ1) is 16.0. The van der Waals surface area contributed by atoms with Crippen molar-refractivity contribution in [1.29, 1.82) is 0 Å². The van der Waals surface area contributed by atoms with Gasteiger partial charge in [0, 0.05) is 45.1 Å². The van der Waals surface area contributed by atoms with Crippen molar-refractivity contribution in [3.8, 4) is 0 Å². The predicted octanol–water partition coefficient (Wildman–Crippen LogP) is 2.22. The average molecular weight is 329 g/mol. The molecule has 3 saturated heterocycles. The van der Waals surface area contributed by atoms with Crippen LogP contribution in [0.2, 0.25) is 0 Å². The standard InChI is InChI=1S/C19H27N3O2/c23-18(22-10-1-2-11-22)17-5-6-19(24-17)7-12-21(13-8-19)15-16-4-3-9-20-14-16/h3-4,9,14,17H,1-2,5-8,10-13,15H2/t17-/m1/s1. The molecule has 1 aromatic heterocycles. The summed E-state index contributed by atoms with van der Waals surface area (Å²) < 4.78 is 6.33. The van der Waals surface area contributed by atoms with Crippen molar-refractivity contribution in [2.45, 2.75) is 56.8 Å². The maximum atomic E-state index is 12.6. The van der Waals surface area contributed by atoms with Gasteiger partial charge in [-0.15, -0.1) is 0 Å². The second-order valence-electron chi connectivity index (χ2n) is 7.50. The van der Waals surface area contributed by atoms with Gasteiger partial charge in [0.15, 0.2) is 0 Å². The summed E-state index contributed by atoms with van der Waals surface area (Å²) in [5.41, 5.74) is 1.22. The number of carbonyl (C=O) groups excluding carboxylic acids is 1. The Bertz CT molecular complexity index is 563. The van der Waals surface area contributed by atoms with E-state index in [1.54, 1.807) is 0 Å². The molecule has 1 aromatic rings. The fourth-order valence-electron chi connectivity index (χ4n) is 4.37. The minimum Gasteiger partial charge on any atom is -0.362 e. The molecule has 5 heteroatoms. The number of likely N-dealkylation sites (tertiary alicyclic amines) is 2. The van der Waals surface area contributed by atoms with Crippen LogP contribution in [-0.2, 0) is 16.1 Å². The normalized spacial score (nSPS) is 27.0. The highest BCUT2D eigenvalue weighted by atomic mass is 16.5. The first-order valence-corrected chi connectivity index (χ1v) is 9.32. The van der Waals surface area contributed by atoms with Gasteiger partial charge in [-0.25, -0.2) is 0 Å². The Balaban J connectivity index is 1.30. The van der Waals surface area contributed by atoms with E-state index in [9.17, 15) is 4.79 Å². The highest BCUT2D eigenvalue weighted by Crippen LogP contribution is 2.39. The van der Waals surface area contributed by atoms with E-state index in [0.29, 0.717) is 0 Å². The number of amides is 1. The molecular formula is C19H27N3O2. The molecule has 0 aromatic carbocycles. The zero-order valence-corrected chi connectivity index (χ0v) is 14.3. The van der Waals surface area contributed by atoms with Crippen LogP contribution in [-0.4, -0.2) is 58.6 Å². The fraction of sp³-hybridized carbons (Fsp3) is 0.684. The molecular weight excluding hydrogens is 302 g/mol. The number of piperidine rings is 1. The molecule has 130 valence electrons. The molecule has 4 rings (SSSR count). The lowest BCUT2D eigenvalue weighted by atomic mass is 9.88. The van der Waals surface area contributed by atoms with Gasteiger partial charge < -0.3 is 9.64 Å². The maximum absolute atomic E-state index is 12.6. The van der Waals surface area contributed by atoms with Gasteiger partial charge in [-0.05, 0) is 50.2 Å². The van der Waals surface area contributed by atoms with Gasteiger partial charge in [-0.2, -0.15) is 0 Å². The molecule has 24 heavy (non-hydrogen) atoms. The first-order chi connectivity index (χ1) is 11.7. The van der Waals surface area contributed by atoms with Gasteiger partial charge in [0.05, 0.1) is 5.60 Å². The van der Waals surface area contributed by atoms with Gasteiger partial charge in [-0.3, -0.25) is 14.7 Å². The molecule has 3 aliphatic rings. The Kier molecular flexibility index (Phi) is 4.55. The van der Waals surface area contributed by atoms with Gasteiger partial charge in [-0.1, -0.05) is 6.07 Å². The highest BCUT2D eigenvalue weighted by molar-refractivity contribution is 5.81. The minimum atomic E-state index is -0.187. The van der Waals surface area contributed by atoms with E-state index in [2.05, 4.69) is 16.0 Å². The van der Waals surface area contributed by atoms with Crippen LogP contribution in [0.25, 0.3) is 0 Å². The maximum Gasteiger partial charge on any atom is 0.251 e. The number of rotatable bonds is 3. The second-order valence-corrected chi connectivity index (χ2v) is 7.50. The molecule has 0 unspecified atom stereocenters. The summed E-state index contributed by atoms with van der Waals surface area (Å²) in [7, 11) is 0. The van der Waals surface area contributed by atoms with E-state index in [-0.39, 0.29) is 17.6 Å². The first-order valence-electron chi connectivity index (χ1n) is 9.32. The van der Waals surface area contributed by atoms with Crippen molar-refractivity contribution in [1.82, 2.24) is 14.8 Å². The SMILES string of the molecule is O=C([C@H]1CCC2(CCN(Cc3cccnc3)CC2)O1)N1CCCC1. The zero-order chi connectivity index (χ0) is 16.4. The number of pyridine rings is 1. The number of hydrogen-bond acceptors (Lipinski definition) is 4. The lowest BCUT2D eigenvalue weighted by Crippen LogP contribution is -2.45. The van der Waals surface area contributed by atoms with Gasteiger partial charge in [0.1, 0.15) is 6.10 Å². The van der Waals surface area contributed by atoms with E-state index in [4.69, 9.17) is 4.74 Å². The molecule has 1 spiro atoms. The fourth-order valence-corrected chi connectivity index (χ4v) is 4.37. The molecule has 0 radical (unpaired) electrons. The Morgan fingerprint density at radius 3 is 2.71 bits per heavy atom. The molecule has 0 N–H and O–H groups in total. The van der Waals surface area contributed by atoms with Crippen molar-refractivity contribution >= 4 is 5.91 Å². The lowest BCUT2D eigenvalue weighted by Gasteiger charge is -2.39. The van der Waals surface area contributed by atoms with E-state index in [0.717, 1.165) is 71.2 Å². The molecule has 0 bridgehead atoms. The van der Waals surface area contributed by atoms with Crippen LogP contribution < -0.4 is 0 Å². The third kappa shape index (κ3) is 3.33. The van der Waals surface area contributed by atoms with Crippen molar-refractivity contribution in [3.63, 3.8) is 0 Å². The Morgan fingerprint density at radius 1 is 1.21 bits per heavy atom. The molecule has 0 aliphatic carbocycles. The Hall–Kier alpha value is -1.46. The van der Waals surface area contributed by atoms with Crippen LogP contribution in [0.15, 0.2) is 24.5 Å². The van der Waals surface area contributed by atoms with Crippen LogP contribution in [0.5, 0.6) is 0 Å². The van der Waals surface area contributed by atoms with E-state index < -0.39 is 0 Å². The van der Waals surface area contributed by atoms with Crippen molar-refractivity contribution in [2.24, 2.45) is 0 Å². The summed E-state index contributed by atoms with van der Waals surface area (Å²) in [6, 6.07) is 4.13.